The molecule has 1 unspecified atom stereocenters. The molecule has 2 amide bonds. The number of benzene rings is 1. The van der Waals surface area contributed by atoms with Crippen molar-refractivity contribution in [2.75, 3.05) is 26.7 Å². The summed E-state index contributed by atoms with van der Waals surface area (Å²) >= 11 is 0. The minimum Gasteiger partial charge on any atom is -0.356 e. The lowest BCUT2D eigenvalue weighted by molar-refractivity contribution is -0.129. The maximum absolute atomic E-state index is 12.1. The highest BCUT2D eigenvalue weighted by Crippen LogP contribution is 2.20. The second-order valence-corrected chi connectivity index (χ2v) is 5.91. The Bertz CT molecular complexity index is 513. The molecular formula is C17H25N3O2. The molecule has 0 bridgehead atoms. The predicted molar refractivity (Wildman–Crippen MR) is 86.3 cm³/mol. The van der Waals surface area contributed by atoms with Gasteiger partial charge in [-0.25, -0.2) is 0 Å². The van der Waals surface area contributed by atoms with Crippen LogP contribution in [0.4, 0.5) is 0 Å². The predicted octanol–water partition coefficient (Wildman–Crippen LogP) is 1.07. The van der Waals surface area contributed by atoms with E-state index in [1.54, 1.807) is 4.90 Å². The summed E-state index contributed by atoms with van der Waals surface area (Å²) in [7, 11) is 1.89. The highest BCUT2D eigenvalue weighted by atomic mass is 16.2. The number of amides is 2. The van der Waals surface area contributed by atoms with Crippen LogP contribution in [0.25, 0.3) is 0 Å². The molecule has 1 aromatic rings. The van der Waals surface area contributed by atoms with E-state index >= 15 is 0 Å². The number of rotatable bonds is 7. The van der Waals surface area contributed by atoms with Gasteiger partial charge in [0.2, 0.25) is 11.8 Å². The van der Waals surface area contributed by atoms with Crippen molar-refractivity contribution in [1.82, 2.24) is 15.5 Å². The molecule has 1 aliphatic rings. The summed E-state index contributed by atoms with van der Waals surface area (Å²) in [5.74, 6) is -0.153. The van der Waals surface area contributed by atoms with Gasteiger partial charge in [-0.3, -0.25) is 9.59 Å². The van der Waals surface area contributed by atoms with Gasteiger partial charge in [-0.15, -0.1) is 0 Å². The molecule has 0 aliphatic carbocycles. The highest BCUT2D eigenvalue weighted by molar-refractivity contribution is 5.89. The van der Waals surface area contributed by atoms with Crippen LogP contribution < -0.4 is 10.6 Å². The van der Waals surface area contributed by atoms with Crippen molar-refractivity contribution in [3.05, 3.63) is 35.4 Å². The number of nitrogens with zero attached hydrogens (tertiary/aromatic N) is 1. The van der Waals surface area contributed by atoms with Crippen molar-refractivity contribution in [2.24, 2.45) is 5.92 Å². The fourth-order valence-corrected chi connectivity index (χ4v) is 2.64. The first-order valence-corrected chi connectivity index (χ1v) is 7.86. The molecule has 1 saturated heterocycles. The number of carbonyl (C=O) groups excluding carboxylic acids is 2. The van der Waals surface area contributed by atoms with Gasteiger partial charge in [0, 0.05) is 26.1 Å². The largest absolute Gasteiger partial charge is 0.356 e. The number of carbonyl (C=O) groups is 2. The zero-order chi connectivity index (χ0) is 15.9. The third kappa shape index (κ3) is 4.56. The molecule has 2 rings (SSSR count). The molecule has 0 aromatic heterocycles. The summed E-state index contributed by atoms with van der Waals surface area (Å²) in [6.07, 6.45) is 1.22. The van der Waals surface area contributed by atoms with E-state index in [1.807, 2.05) is 38.2 Å². The van der Waals surface area contributed by atoms with Gasteiger partial charge in [0.05, 0.1) is 5.92 Å². The van der Waals surface area contributed by atoms with Gasteiger partial charge in [0.25, 0.3) is 0 Å². The Morgan fingerprint density at radius 2 is 2.00 bits per heavy atom. The monoisotopic (exact) mass is 303 g/mol. The molecule has 1 aliphatic heterocycles. The van der Waals surface area contributed by atoms with Crippen LogP contribution in [0, 0.1) is 12.8 Å². The van der Waals surface area contributed by atoms with E-state index in [4.69, 9.17) is 0 Å². The SMILES string of the molecule is CNCCCNC(=O)C1CC(=O)N(Cc2ccc(C)cc2)C1. The molecule has 5 heteroatoms. The normalized spacial score (nSPS) is 17.8. The van der Waals surface area contributed by atoms with E-state index in [9.17, 15) is 9.59 Å². The fourth-order valence-electron chi connectivity index (χ4n) is 2.64. The van der Waals surface area contributed by atoms with Crippen LogP contribution in [0.1, 0.15) is 24.0 Å². The maximum Gasteiger partial charge on any atom is 0.225 e. The quantitative estimate of drug-likeness (QED) is 0.741. The number of hydrogen-bond acceptors (Lipinski definition) is 3. The smallest absolute Gasteiger partial charge is 0.225 e. The van der Waals surface area contributed by atoms with Gasteiger partial charge in [-0.2, -0.15) is 0 Å². The molecule has 1 atom stereocenters. The van der Waals surface area contributed by atoms with Crippen molar-refractivity contribution in [3.8, 4) is 0 Å². The van der Waals surface area contributed by atoms with Crippen LogP contribution in [-0.2, 0) is 16.1 Å². The summed E-state index contributed by atoms with van der Waals surface area (Å²) in [6.45, 7) is 4.68. The zero-order valence-electron chi connectivity index (χ0n) is 13.4. The first kappa shape index (κ1) is 16.5. The van der Waals surface area contributed by atoms with Gasteiger partial charge < -0.3 is 15.5 Å². The minimum atomic E-state index is -0.215. The minimum absolute atomic E-state index is 0.00383. The van der Waals surface area contributed by atoms with Crippen molar-refractivity contribution in [2.45, 2.75) is 26.3 Å². The molecular weight excluding hydrogens is 278 g/mol. The average Bonchev–Trinajstić information content (AvgIpc) is 2.87. The molecule has 0 spiro atoms. The van der Waals surface area contributed by atoms with E-state index < -0.39 is 0 Å². The molecule has 1 fully saturated rings. The van der Waals surface area contributed by atoms with Gasteiger partial charge in [0.15, 0.2) is 0 Å². The molecule has 1 heterocycles. The number of hydrogen-bond donors (Lipinski definition) is 2. The van der Waals surface area contributed by atoms with Crippen LogP contribution in [-0.4, -0.2) is 43.4 Å². The Morgan fingerprint density at radius 1 is 1.27 bits per heavy atom. The number of aryl methyl sites for hydroxylation is 1. The van der Waals surface area contributed by atoms with Crippen molar-refractivity contribution >= 4 is 11.8 Å². The summed E-state index contributed by atoms with van der Waals surface area (Å²) in [5, 5.41) is 5.96. The van der Waals surface area contributed by atoms with E-state index in [-0.39, 0.29) is 17.7 Å². The molecule has 0 saturated carbocycles. The van der Waals surface area contributed by atoms with Crippen LogP contribution in [0.2, 0.25) is 0 Å². The highest BCUT2D eigenvalue weighted by Gasteiger charge is 2.33. The topological polar surface area (TPSA) is 61.4 Å². The molecule has 5 nitrogen and oxygen atoms in total. The van der Waals surface area contributed by atoms with Gasteiger partial charge in [0.1, 0.15) is 0 Å². The number of likely N-dealkylation sites (tertiary alicyclic amines) is 1. The fraction of sp³-hybridized carbons (Fsp3) is 0.529. The summed E-state index contributed by atoms with van der Waals surface area (Å²) in [4.78, 5) is 25.9. The molecule has 120 valence electrons. The van der Waals surface area contributed by atoms with E-state index in [2.05, 4.69) is 10.6 Å². The Morgan fingerprint density at radius 3 is 2.68 bits per heavy atom. The molecule has 1 aromatic carbocycles. The van der Waals surface area contributed by atoms with Crippen molar-refractivity contribution < 1.29 is 9.59 Å². The lowest BCUT2D eigenvalue weighted by Gasteiger charge is -2.17. The molecule has 0 radical (unpaired) electrons. The van der Waals surface area contributed by atoms with Gasteiger partial charge in [-0.05, 0) is 32.5 Å². The third-order valence-corrected chi connectivity index (χ3v) is 3.98. The molecule has 2 N–H and O–H groups in total. The average molecular weight is 303 g/mol. The van der Waals surface area contributed by atoms with Crippen LogP contribution in [0.5, 0.6) is 0 Å². The molecule has 22 heavy (non-hydrogen) atoms. The van der Waals surface area contributed by atoms with Gasteiger partial charge in [-0.1, -0.05) is 29.8 Å². The number of nitrogens with one attached hydrogen (secondary N) is 2. The third-order valence-electron chi connectivity index (χ3n) is 3.98. The van der Waals surface area contributed by atoms with E-state index in [1.165, 1.54) is 5.56 Å². The maximum atomic E-state index is 12.1. The lowest BCUT2D eigenvalue weighted by Crippen LogP contribution is -2.34. The van der Waals surface area contributed by atoms with E-state index in [0.29, 0.717) is 26.1 Å². The Labute approximate surface area is 132 Å². The second-order valence-electron chi connectivity index (χ2n) is 5.91. The van der Waals surface area contributed by atoms with Gasteiger partial charge >= 0.3 is 0 Å². The summed E-state index contributed by atoms with van der Waals surface area (Å²) in [5.41, 5.74) is 2.31. The Hall–Kier alpha value is -1.88. The zero-order valence-corrected chi connectivity index (χ0v) is 13.4. The second kappa shape index (κ2) is 7.94. The van der Waals surface area contributed by atoms with E-state index in [0.717, 1.165) is 18.5 Å². The van der Waals surface area contributed by atoms with Crippen LogP contribution in [0.15, 0.2) is 24.3 Å². The van der Waals surface area contributed by atoms with Crippen LogP contribution in [0.3, 0.4) is 0 Å². The summed E-state index contributed by atoms with van der Waals surface area (Å²) in [6, 6.07) is 8.16. The standard InChI is InChI=1S/C17H25N3O2/c1-13-4-6-14(7-5-13)11-20-12-15(10-16(20)21)17(22)19-9-3-8-18-2/h4-7,15,18H,3,8-12H2,1-2H3,(H,19,22). The first-order valence-electron chi connectivity index (χ1n) is 7.86. The Balaban J connectivity index is 1.82. The summed E-state index contributed by atoms with van der Waals surface area (Å²) < 4.78 is 0. The van der Waals surface area contributed by atoms with Crippen molar-refractivity contribution in [1.29, 1.82) is 0 Å². The first-order chi connectivity index (χ1) is 10.6. The lowest BCUT2D eigenvalue weighted by atomic mass is 10.1. The van der Waals surface area contributed by atoms with Crippen LogP contribution >= 0.6 is 0 Å². The Kier molecular flexibility index (Phi) is 5.95. The van der Waals surface area contributed by atoms with Crippen molar-refractivity contribution in [3.63, 3.8) is 0 Å².